The topological polar surface area (TPSA) is 34.9 Å². The quantitative estimate of drug-likeness (QED) is 0.173. The predicted octanol–water partition coefficient (Wildman–Crippen LogP) is 7.46. The van der Waals surface area contributed by atoms with E-state index in [0.29, 0.717) is 21.3 Å². The molecule has 1 heterocycles. The Morgan fingerprint density at radius 1 is 0.714 bits per heavy atom. The number of halogens is 2. The largest absolute Gasteiger partial charge is 0.318 e. The van der Waals surface area contributed by atoms with Crippen molar-refractivity contribution in [2.24, 2.45) is 0 Å². The predicted molar refractivity (Wildman–Crippen MR) is 141 cm³/mol. The van der Waals surface area contributed by atoms with E-state index < -0.39 is 5.54 Å². The summed E-state index contributed by atoms with van der Waals surface area (Å²) in [6.45, 7) is 0. The summed E-state index contributed by atoms with van der Waals surface area (Å²) in [5.41, 5.74) is 3.51. The van der Waals surface area contributed by atoms with Crippen LogP contribution in [0.3, 0.4) is 0 Å². The number of carbonyl (C=O) groups excluding carboxylic acids is 1. The maximum Gasteiger partial charge on any atom is 0.187 e. The first-order chi connectivity index (χ1) is 17.1. The number of ketones is 1. The van der Waals surface area contributed by atoms with Crippen LogP contribution in [0.4, 0.5) is 0 Å². The molecule has 0 fully saturated rings. The highest BCUT2D eigenvalue weighted by Gasteiger charge is 2.38. The summed E-state index contributed by atoms with van der Waals surface area (Å²) in [7, 11) is 0. The van der Waals surface area contributed by atoms with Gasteiger partial charge in [0.05, 0.1) is 16.4 Å². The summed E-state index contributed by atoms with van der Waals surface area (Å²) >= 11 is 12.5. The van der Waals surface area contributed by atoms with Crippen LogP contribution in [0.1, 0.15) is 32.7 Å². The molecule has 0 unspecified atom stereocenters. The normalized spacial score (nSPS) is 11.4. The number of rotatable bonds is 7. The Morgan fingerprint density at radius 3 is 1.74 bits per heavy atom. The lowest BCUT2D eigenvalue weighted by molar-refractivity contribution is 0.0988. The maximum absolute atomic E-state index is 13.2. The number of hydrogen-bond donors (Lipinski definition) is 0. The maximum atomic E-state index is 13.2. The van der Waals surface area contributed by atoms with Gasteiger partial charge >= 0.3 is 0 Å². The molecular formula is C30H22Cl2N2O. The average Bonchev–Trinajstić information content (AvgIpc) is 3.40. The van der Waals surface area contributed by atoms with Gasteiger partial charge in [0.25, 0.3) is 0 Å². The molecular weight excluding hydrogens is 475 g/mol. The van der Waals surface area contributed by atoms with Crippen LogP contribution in [-0.2, 0) is 12.0 Å². The number of hydrogen-bond acceptors (Lipinski definition) is 2. The number of nitrogens with zero attached hydrogens (tertiary/aromatic N) is 2. The van der Waals surface area contributed by atoms with Crippen molar-refractivity contribution in [3.63, 3.8) is 0 Å². The second-order valence-corrected chi connectivity index (χ2v) is 9.07. The van der Waals surface area contributed by atoms with Gasteiger partial charge in [-0.25, -0.2) is 4.98 Å². The SMILES string of the molecule is O=C(Cc1cccc(Cl)c1Cl)c1cn(C(c2ccccc2)(c2ccccc2)c2ccccc2)cn1. The smallest absolute Gasteiger partial charge is 0.187 e. The third-order valence-corrected chi connectivity index (χ3v) is 7.07. The molecule has 4 aromatic carbocycles. The van der Waals surface area contributed by atoms with Crippen molar-refractivity contribution in [2.75, 3.05) is 0 Å². The van der Waals surface area contributed by atoms with Crippen LogP contribution in [0.2, 0.25) is 10.0 Å². The highest BCUT2D eigenvalue weighted by atomic mass is 35.5. The molecule has 35 heavy (non-hydrogen) atoms. The minimum atomic E-state index is -0.719. The first-order valence-electron chi connectivity index (χ1n) is 11.3. The number of Topliss-reactive ketones (excluding diaryl/α,β-unsaturated/α-hetero) is 1. The Morgan fingerprint density at radius 2 is 1.23 bits per heavy atom. The van der Waals surface area contributed by atoms with Gasteiger partial charge in [0.2, 0.25) is 0 Å². The van der Waals surface area contributed by atoms with E-state index in [9.17, 15) is 4.79 Å². The summed E-state index contributed by atoms with van der Waals surface area (Å²) in [5.74, 6) is -0.129. The molecule has 0 amide bonds. The second-order valence-electron chi connectivity index (χ2n) is 8.29. The first-order valence-corrected chi connectivity index (χ1v) is 12.0. The lowest BCUT2D eigenvalue weighted by Crippen LogP contribution is -2.37. The summed E-state index contributed by atoms with van der Waals surface area (Å²) in [6, 6.07) is 36.1. The van der Waals surface area contributed by atoms with E-state index in [0.717, 1.165) is 16.7 Å². The number of benzene rings is 4. The Balaban J connectivity index is 1.66. The average molecular weight is 497 g/mol. The lowest BCUT2D eigenvalue weighted by Gasteiger charge is -2.37. The van der Waals surface area contributed by atoms with Crippen molar-refractivity contribution in [1.82, 2.24) is 9.55 Å². The van der Waals surface area contributed by atoms with Gasteiger partial charge in [-0.3, -0.25) is 4.79 Å². The second kappa shape index (κ2) is 9.91. The third kappa shape index (κ3) is 4.29. The molecule has 5 heteroatoms. The van der Waals surface area contributed by atoms with Gasteiger partial charge < -0.3 is 4.57 Å². The van der Waals surface area contributed by atoms with E-state index in [4.69, 9.17) is 23.2 Å². The summed E-state index contributed by atoms with van der Waals surface area (Å²) in [6.07, 6.45) is 3.68. The Bertz CT molecular complexity index is 1350. The highest BCUT2D eigenvalue weighted by molar-refractivity contribution is 6.42. The molecule has 0 bridgehead atoms. The summed E-state index contributed by atoms with van der Waals surface area (Å²) in [5, 5.41) is 0.827. The van der Waals surface area contributed by atoms with Crippen LogP contribution in [0.15, 0.2) is 122 Å². The fourth-order valence-electron chi connectivity index (χ4n) is 4.58. The molecule has 0 spiro atoms. The van der Waals surface area contributed by atoms with Crippen LogP contribution in [0.5, 0.6) is 0 Å². The molecule has 0 saturated carbocycles. The lowest BCUT2D eigenvalue weighted by atomic mass is 9.77. The number of imidazole rings is 1. The van der Waals surface area contributed by atoms with Gasteiger partial charge in [0.15, 0.2) is 5.78 Å². The van der Waals surface area contributed by atoms with Crippen molar-refractivity contribution in [2.45, 2.75) is 12.0 Å². The molecule has 5 rings (SSSR count). The molecule has 0 aliphatic carbocycles. The van der Waals surface area contributed by atoms with E-state index in [-0.39, 0.29) is 12.2 Å². The Hall–Kier alpha value is -3.66. The standard InChI is InChI=1S/C30H22Cl2N2O/c31-26-18-10-11-22(29(26)32)19-28(35)27-20-34(21-33-27)30(23-12-4-1-5-13-23,24-14-6-2-7-15-24)25-16-8-3-9-17-25/h1-18,20-21H,19H2. The summed E-state index contributed by atoms with van der Waals surface area (Å²) in [4.78, 5) is 17.8. The van der Waals surface area contributed by atoms with Crippen LogP contribution in [-0.4, -0.2) is 15.3 Å². The van der Waals surface area contributed by atoms with Gasteiger partial charge in [0, 0.05) is 12.6 Å². The summed E-state index contributed by atoms with van der Waals surface area (Å²) < 4.78 is 2.03. The van der Waals surface area contributed by atoms with E-state index in [1.807, 2.05) is 71.4 Å². The minimum absolute atomic E-state index is 0.116. The molecule has 1 aromatic heterocycles. The van der Waals surface area contributed by atoms with Crippen LogP contribution in [0, 0.1) is 0 Å². The Labute approximate surface area is 214 Å². The third-order valence-electron chi connectivity index (χ3n) is 6.21. The van der Waals surface area contributed by atoms with Crippen molar-refractivity contribution in [3.8, 4) is 0 Å². The molecule has 0 aliphatic heterocycles. The zero-order valence-electron chi connectivity index (χ0n) is 18.8. The zero-order chi connectivity index (χ0) is 24.3. The number of aromatic nitrogens is 2. The molecule has 3 nitrogen and oxygen atoms in total. The molecule has 5 aromatic rings. The molecule has 0 radical (unpaired) electrons. The highest BCUT2D eigenvalue weighted by Crippen LogP contribution is 2.40. The van der Waals surface area contributed by atoms with Crippen LogP contribution >= 0.6 is 23.2 Å². The van der Waals surface area contributed by atoms with Gasteiger partial charge in [0.1, 0.15) is 11.2 Å². The van der Waals surface area contributed by atoms with Gasteiger partial charge in [-0.05, 0) is 28.3 Å². The van der Waals surface area contributed by atoms with E-state index in [1.165, 1.54) is 0 Å². The molecule has 172 valence electrons. The van der Waals surface area contributed by atoms with Crippen molar-refractivity contribution >= 4 is 29.0 Å². The van der Waals surface area contributed by atoms with Crippen molar-refractivity contribution in [1.29, 1.82) is 0 Å². The van der Waals surface area contributed by atoms with E-state index in [2.05, 4.69) is 41.4 Å². The van der Waals surface area contributed by atoms with E-state index >= 15 is 0 Å². The fourth-order valence-corrected chi connectivity index (χ4v) is 4.97. The Kier molecular flexibility index (Phi) is 6.54. The zero-order valence-corrected chi connectivity index (χ0v) is 20.3. The minimum Gasteiger partial charge on any atom is -0.318 e. The molecule has 0 saturated heterocycles. The van der Waals surface area contributed by atoms with Crippen molar-refractivity contribution in [3.05, 3.63) is 160 Å². The van der Waals surface area contributed by atoms with E-state index in [1.54, 1.807) is 18.5 Å². The molecule has 0 atom stereocenters. The monoisotopic (exact) mass is 496 g/mol. The molecule has 0 aliphatic rings. The van der Waals surface area contributed by atoms with Crippen molar-refractivity contribution < 1.29 is 4.79 Å². The van der Waals surface area contributed by atoms with Gasteiger partial charge in [-0.1, -0.05) is 126 Å². The van der Waals surface area contributed by atoms with Gasteiger partial charge in [-0.2, -0.15) is 0 Å². The van der Waals surface area contributed by atoms with Gasteiger partial charge in [-0.15, -0.1) is 0 Å². The number of carbonyl (C=O) groups is 1. The first kappa shape index (κ1) is 23.1. The van der Waals surface area contributed by atoms with Crippen LogP contribution in [0.25, 0.3) is 0 Å². The van der Waals surface area contributed by atoms with Crippen LogP contribution < -0.4 is 0 Å². The fraction of sp³-hybridized carbons (Fsp3) is 0.0667. The molecule has 0 N–H and O–H groups in total.